The number of carbonyl (C=O) groups excluding carboxylic acids is 1. The summed E-state index contributed by atoms with van der Waals surface area (Å²) in [5.41, 5.74) is 0. The Morgan fingerprint density at radius 2 is 1.47 bits per heavy atom. The van der Waals surface area contributed by atoms with Crippen molar-refractivity contribution in [2.75, 3.05) is 26.9 Å². The van der Waals surface area contributed by atoms with Crippen LogP contribution in [0.1, 0.15) is 51.4 Å². The van der Waals surface area contributed by atoms with E-state index >= 15 is 0 Å². The highest BCUT2D eigenvalue weighted by atomic mass is 16.7. The molecule has 2 aliphatic rings. The van der Waals surface area contributed by atoms with Gasteiger partial charge in [-0.1, -0.05) is 25.7 Å². The number of esters is 1. The average molecular weight is 497 g/mol. The van der Waals surface area contributed by atoms with E-state index in [1.807, 2.05) is 0 Å². The highest BCUT2D eigenvalue weighted by Gasteiger charge is 2.48. The van der Waals surface area contributed by atoms with Crippen molar-refractivity contribution >= 4 is 5.97 Å². The molecule has 0 amide bonds. The molecule has 34 heavy (non-hydrogen) atoms. The first-order valence-corrected chi connectivity index (χ1v) is 11.9. The molecule has 12 nitrogen and oxygen atoms in total. The third-order valence-corrected chi connectivity index (χ3v) is 6.13. The fraction of sp³-hybridized carbons (Fsp3) is 0.955. The lowest BCUT2D eigenvalue weighted by molar-refractivity contribution is -0.350. The predicted molar refractivity (Wildman–Crippen MR) is 115 cm³/mol. The quantitative estimate of drug-likeness (QED) is 0.122. The lowest BCUT2D eigenvalue weighted by Gasteiger charge is -2.44. The molecule has 2 heterocycles. The van der Waals surface area contributed by atoms with Crippen molar-refractivity contribution in [3.05, 3.63) is 0 Å². The number of methoxy groups -OCH3 is 1. The molecule has 2 fully saturated rings. The summed E-state index contributed by atoms with van der Waals surface area (Å²) < 4.78 is 27.2. The summed E-state index contributed by atoms with van der Waals surface area (Å²) in [6.07, 6.45) is -5.43. The Bertz CT molecular complexity index is 578. The number of hydrogen-bond donors (Lipinski definition) is 6. The Kier molecular flexibility index (Phi) is 13.1. The summed E-state index contributed by atoms with van der Waals surface area (Å²) in [6.45, 7) is -0.798. The van der Waals surface area contributed by atoms with Crippen LogP contribution < -0.4 is 0 Å². The van der Waals surface area contributed by atoms with E-state index in [9.17, 15) is 35.4 Å². The second kappa shape index (κ2) is 15.2. The van der Waals surface area contributed by atoms with Gasteiger partial charge in [-0.15, -0.1) is 0 Å². The Morgan fingerprint density at radius 3 is 2.12 bits per heavy atom. The standard InChI is InChI=1S/C22H40O12/c1-30-16(26)8-6-4-2-3-5-7-9-31-22-21(20(29)19(28)15(12-24)33-22)34-17-10-13(25)18(27)14(11-23)32-17/h13-15,17-25,27-29H,2-12H2,1H3/t13-,14-,15-,17+,18+,19-,20+,21-,22+/m1/s1. The molecule has 0 saturated carbocycles. The Hall–Kier alpha value is -0.930. The molecule has 2 saturated heterocycles. The zero-order valence-corrected chi connectivity index (χ0v) is 19.6. The van der Waals surface area contributed by atoms with Gasteiger partial charge in [-0.05, 0) is 12.8 Å². The van der Waals surface area contributed by atoms with Crippen molar-refractivity contribution in [2.45, 2.75) is 107 Å². The lowest BCUT2D eigenvalue weighted by atomic mass is 9.98. The number of hydrogen-bond acceptors (Lipinski definition) is 12. The summed E-state index contributed by atoms with van der Waals surface area (Å²) in [4.78, 5) is 11.1. The van der Waals surface area contributed by atoms with Gasteiger partial charge in [0.05, 0.1) is 26.4 Å². The number of carbonyl (C=O) groups is 1. The van der Waals surface area contributed by atoms with E-state index in [4.69, 9.17) is 18.9 Å². The second-order valence-electron chi connectivity index (χ2n) is 8.71. The molecule has 2 aliphatic heterocycles. The molecule has 200 valence electrons. The van der Waals surface area contributed by atoms with E-state index in [-0.39, 0.29) is 19.0 Å². The minimum absolute atomic E-state index is 0.122. The van der Waals surface area contributed by atoms with Gasteiger partial charge in [0.25, 0.3) is 0 Å². The number of aliphatic hydroxyl groups excluding tert-OH is 6. The molecule has 6 N–H and O–H groups in total. The maximum absolute atomic E-state index is 11.1. The number of unbranched alkanes of at least 4 members (excludes halogenated alkanes) is 5. The van der Waals surface area contributed by atoms with Crippen LogP contribution in [0.2, 0.25) is 0 Å². The highest BCUT2D eigenvalue weighted by Crippen LogP contribution is 2.29. The van der Waals surface area contributed by atoms with Gasteiger partial charge in [0, 0.05) is 19.4 Å². The maximum atomic E-state index is 11.1. The molecule has 0 aromatic rings. The Balaban J connectivity index is 1.81. The zero-order valence-electron chi connectivity index (χ0n) is 19.6. The van der Waals surface area contributed by atoms with Crippen molar-refractivity contribution < 1.29 is 59.1 Å². The summed E-state index contributed by atoms with van der Waals surface area (Å²) in [5.74, 6) is -0.206. The van der Waals surface area contributed by atoms with Gasteiger partial charge >= 0.3 is 5.97 Å². The summed E-state index contributed by atoms with van der Waals surface area (Å²) in [5, 5.41) is 59.5. The fourth-order valence-corrected chi connectivity index (χ4v) is 4.04. The van der Waals surface area contributed by atoms with Crippen LogP contribution >= 0.6 is 0 Å². The van der Waals surface area contributed by atoms with E-state index in [0.717, 1.165) is 32.1 Å². The van der Waals surface area contributed by atoms with Gasteiger partial charge in [0.1, 0.15) is 36.6 Å². The van der Waals surface area contributed by atoms with E-state index in [1.165, 1.54) is 7.11 Å². The first kappa shape index (κ1) is 29.3. The normalized spacial score (nSPS) is 36.4. The molecule has 0 unspecified atom stereocenters. The highest BCUT2D eigenvalue weighted by molar-refractivity contribution is 5.68. The van der Waals surface area contributed by atoms with Crippen molar-refractivity contribution in [1.29, 1.82) is 0 Å². The van der Waals surface area contributed by atoms with Crippen LogP contribution in [0, 0.1) is 0 Å². The third kappa shape index (κ3) is 8.63. The summed E-state index contributed by atoms with van der Waals surface area (Å²) in [7, 11) is 1.37. The molecule has 0 spiro atoms. The number of rotatable bonds is 14. The minimum atomic E-state index is -1.47. The molecule has 0 aromatic heterocycles. The second-order valence-corrected chi connectivity index (χ2v) is 8.71. The van der Waals surface area contributed by atoms with Crippen LogP contribution in [-0.2, 0) is 28.5 Å². The number of aliphatic hydroxyl groups is 6. The maximum Gasteiger partial charge on any atom is 0.305 e. The van der Waals surface area contributed by atoms with Gasteiger partial charge in [-0.2, -0.15) is 0 Å². The van der Waals surface area contributed by atoms with E-state index in [2.05, 4.69) is 4.74 Å². The molecular formula is C22H40O12. The third-order valence-electron chi connectivity index (χ3n) is 6.13. The molecular weight excluding hydrogens is 456 g/mol. The molecule has 0 radical (unpaired) electrons. The molecule has 12 heteroatoms. The van der Waals surface area contributed by atoms with Crippen LogP contribution in [0.4, 0.5) is 0 Å². The van der Waals surface area contributed by atoms with Gasteiger partial charge in [0.2, 0.25) is 0 Å². The topological polar surface area (TPSA) is 185 Å². The SMILES string of the molecule is COC(=O)CCCCCCCCO[C@H]1O[C@H](CO)[C@@H](O)[C@H](O)[C@H]1O[C@H]1C[C@@H](O)[C@H](O)[C@@H](CO)O1. The van der Waals surface area contributed by atoms with Crippen molar-refractivity contribution in [1.82, 2.24) is 0 Å². The first-order valence-electron chi connectivity index (χ1n) is 11.9. The molecule has 2 rings (SSSR count). The van der Waals surface area contributed by atoms with Crippen molar-refractivity contribution in [3.8, 4) is 0 Å². The van der Waals surface area contributed by atoms with Crippen molar-refractivity contribution in [3.63, 3.8) is 0 Å². The van der Waals surface area contributed by atoms with E-state index < -0.39 is 68.5 Å². The van der Waals surface area contributed by atoms with Crippen LogP contribution in [-0.4, -0.2) is 119 Å². The molecule has 0 bridgehead atoms. The molecule has 0 aromatic carbocycles. The summed E-state index contributed by atoms with van der Waals surface area (Å²) in [6, 6.07) is 0. The fourth-order valence-electron chi connectivity index (χ4n) is 4.04. The minimum Gasteiger partial charge on any atom is -0.469 e. The molecule has 0 aliphatic carbocycles. The lowest BCUT2D eigenvalue weighted by Crippen LogP contribution is -2.62. The van der Waals surface area contributed by atoms with Gasteiger partial charge < -0.3 is 54.3 Å². The predicted octanol–water partition coefficient (Wildman–Crippen LogP) is -1.44. The Morgan fingerprint density at radius 1 is 0.853 bits per heavy atom. The van der Waals surface area contributed by atoms with Gasteiger partial charge in [0.15, 0.2) is 12.6 Å². The van der Waals surface area contributed by atoms with E-state index in [1.54, 1.807) is 0 Å². The summed E-state index contributed by atoms with van der Waals surface area (Å²) >= 11 is 0. The van der Waals surface area contributed by atoms with Crippen LogP contribution in [0.25, 0.3) is 0 Å². The average Bonchev–Trinajstić information content (AvgIpc) is 2.83. The number of ether oxygens (including phenoxy) is 5. The van der Waals surface area contributed by atoms with Crippen LogP contribution in [0.3, 0.4) is 0 Å². The monoisotopic (exact) mass is 496 g/mol. The Labute approximate surface area is 199 Å². The molecule has 9 atom stereocenters. The van der Waals surface area contributed by atoms with Gasteiger partial charge in [-0.25, -0.2) is 0 Å². The zero-order chi connectivity index (χ0) is 25.1. The van der Waals surface area contributed by atoms with Crippen LogP contribution in [0.5, 0.6) is 0 Å². The first-order chi connectivity index (χ1) is 16.3. The van der Waals surface area contributed by atoms with Crippen LogP contribution in [0.15, 0.2) is 0 Å². The van der Waals surface area contributed by atoms with Gasteiger partial charge in [-0.3, -0.25) is 4.79 Å². The largest absolute Gasteiger partial charge is 0.469 e. The smallest absolute Gasteiger partial charge is 0.305 e. The van der Waals surface area contributed by atoms with E-state index in [0.29, 0.717) is 12.8 Å². The van der Waals surface area contributed by atoms with Crippen molar-refractivity contribution in [2.24, 2.45) is 0 Å².